The van der Waals surface area contributed by atoms with E-state index in [2.05, 4.69) is 16.3 Å². The Morgan fingerprint density at radius 1 is 1.08 bits per heavy atom. The summed E-state index contributed by atoms with van der Waals surface area (Å²) in [5, 5.41) is 2.87. The molecule has 1 N–H and O–H groups in total. The van der Waals surface area contributed by atoms with Gasteiger partial charge in [0.1, 0.15) is 0 Å². The van der Waals surface area contributed by atoms with Crippen molar-refractivity contribution in [2.24, 2.45) is 0 Å². The molecular weight excluding hydrogens is 336 g/mol. The first-order chi connectivity index (χ1) is 11.9. The first-order valence-corrected chi connectivity index (χ1v) is 10.2. The van der Waals surface area contributed by atoms with E-state index in [-0.39, 0.29) is 10.8 Å². The maximum absolute atomic E-state index is 12.4. The van der Waals surface area contributed by atoms with Crippen molar-refractivity contribution in [2.75, 3.05) is 24.7 Å². The average Bonchev–Trinajstić information content (AvgIpc) is 3.07. The molecule has 25 heavy (non-hydrogen) atoms. The lowest BCUT2D eigenvalue weighted by molar-refractivity contribution is 0.102. The van der Waals surface area contributed by atoms with Gasteiger partial charge in [-0.05, 0) is 67.9 Å². The van der Waals surface area contributed by atoms with Crippen LogP contribution in [-0.4, -0.2) is 38.6 Å². The number of amides is 1. The topological polar surface area (TPSA) is 66.5 Å². The van der Waals surface area contributed by atoms with Crippen molar-refractivity contribution < 1.29 is 13.2 Å². The molecule has 3 rings (SSSR count). The molecule has 0 bridgehead atoms. The minimum atomic E-state index is -3.26. The van der Waals surface area contributed by atoms with E-state index in [1.807, 2.05) is 18.2 Å². The van der Waals surface area contributed by atoms with Crippen LogP contribution in [0, 0.1) is 0 Å². The standard InChI is InChI=1S/C19H22N2O3S/c1-25(23,24)18-9-7-16(8-10-18)19(22)20-17-6-4-5-15(13-17)14-21-11-2-3-12-21/h4-10,13H,2-3,11-12,14H2,1H3,(H,20,22). The lowest BCUT2D eigenvalue weighted by Crippen LogP contribution is -2.18. The first kappa shape index (κ1) is 17.6. The minimum absolute atomic E-state index is 0.205. The number of nitrogens with zero attached hydrogens (tertiary/aromatic N) is 1. The Labute approximate surface area is 148 Å². The van der Waals surface area contributed by atoms with Crippen LogP contribution in [0.1, 0.15) is 28.8 Å². The van der Waals surface area contributed by atoms with Gasteiger partial charge in [-0.2, -0.15) is 0 Å². The summed E-state index contributed by atoms with van der Waals surface area (Å²) in [6.45, 7) is 3.15. The molecule has 1 aliphatic rings. The van der Waals surface area contributed by atoms with Crippen molar-refractivity contribution in [3.05, 3.63) is 59.7 Å². The summed E-state index contributed by atoms with van der Waals surface area (Å²) in [6, 6.07) is 13.8. The van der Waals surface area contributed by atoms with Crippen LogP contribution in [0.4, 0.5) is 5.69 Å². The number of anilines is 1. The minimum Gasteiger partial charge on any atom is -0.322 e. The Morgan fingerprint density at radius 3 is 2.40 bits per heavy atom. The molecule has 1 heterocycles. The number of nitrogens with one attached hydrogen (secondary N) is 1. The molecule has 1 fully saturated rings. The molecule has 6 heteroatoms. The van der Waals surface area contributed by atoms with Gasteiger partial charge in [0.25, 0.3) is 5.91 Å². The van der Waals surface area contributed by atoms with Gasteiger partial charge in [0.05, 0.1) is 4.90 Å². The van der Waals surface area contributed by atoms with Crippen molar-refractivity contribution in [3.8, 4) is 0 Å². The maximum Gasteiger partial charge on any atom is 0.255 e. The summed E-state index contributed by atoms with van der Waals surface area (Å²) in [5.74, 6) is -0.252. The van der Waals surface area contributed by atoms with Gasteiger partial charge in [0, 0.05) is 24.1 Å². The molecule has 1 aliphatic heterocycles. The molecular formula is C19H22N2O3S. The molecule has 5 nitrogen and oxygen atoms in total. The van der Waals surface area contributed by atoms with E-state index in [1.165, 1.54) is 42.7 Å². The zero-order chi connectivity index (χ0) is 17.9. The Hall–Kier alpha value is -2.18. The molecule has 0 unspecified atom stereocenters. The van der Waals surface area contributed by atoms with E-state index in [0.717, 1.165) is 31.6 Å². The highest BCUT2D eigenvalue weighted by molar-refractivity contribution is 7.90. The number of carbonyl (C=O) groups is 1. The number of hydrogen-bond donors (Lipinski definition) is 1. The van der Waals surface area contributed by atoms with Crippen LogP contribution in [0.2, 0.25) is 0 Å². The van der Waals surface area contributed by atoms with Crippen LogP contribution in [0.3, 0.4) is 0 Å². The molecule has 0 saturated carbocycles. The molecule has 0 aliphatic carbocycles. The third kappa shape index (κ3) is 4.67. The molecule has 0 spiro atoms. The van der Waals surface area contributed by atoms with Crippen molar-refractivity contribution in [1.82, 2.24) is 4.90 Å². The van der Waals surface area contributed by atoms with Gasteiger partial charge >= 0.3 is 0 Å². The molecule has 1 saturated heterocycles. The Kier molecular flexibility index (Phi) is 5.20. The highest BCUT2D eigenvalue weighted by Crippen LogP contribution is 2.17. The largest absolute Gasteiger partial charge is 0.322 e. The van der Waals surface area contributed by atoms with Gasteiger partial charge in [-0.15, -0.1) is 0 Å². The van der Waals surface area contributed by atoms with E-state index in [9.17, 15) is 13.2 Å². The van der Waals surface area contributed by atoms with Gasteiger partial charge in [-0.3, -0.25) is 9.69 Å². The van der Waals surface area contributed by atoms with Crippen LogP contribution >= 0.6 is 0 Å². The molecule has 0 aromatic heterocycles. The molecule has 0 radical (unpaired) electrons. The van der Waals surface area contributed by atoms with Crippen LogP contribution in [-0.2, 0) is 16.4 Å². The van der Waals surface area contributed by atoms with E-state index in [4.69, 9.17) is 0 Å². The predicted octanol–water partition coefficient (Wildman–Crippen LogP) is 2.94. The smallest absolute Gasteiger partial charge is 0.255 e. The summed E-state index contributed by atoms with van der Waals surface area (Å²) in [7, 11) is -3.26. The van der Waals surface area contributed by atoms with Crippen LogP contribution in [0.15, 0.2) is 53.4 Å². The van der Waals surface area contributed by atoms with Gasteiger partial charge in [0.2, 0.25) is 0 Å². The zero-order valence-electron chi connectivity index (χ0n) is 14.2. The second kappa shape index (κ2) is 7.37. The van der Waals surface area contributed by atoms with Gasteiger partial charge in [0.15, 0.2) is 9.84 Å². The number of sulfone groups is 1. The molecule has 2 aromatic carbocycles. The summed E-state index contributed by atoms with van der Waals surface area (Å²) in [5.41, 5.74) is 2.35. The first-order valence-electron chi connectivity index (χ1n) is 8.34. The Bertz CT molecular complexity index is 854. The summed E-state index contributed by atoms with van der Waals surface area (Å²) in [4.78, 5) is 15.0. The fourth-order valence-electron chi connectivity index (χ4n) is 3.00. The summed E-state index contributed by atoms with van der Waals surface area (Å²) < 4.78 is 23.0. The van der Waals surface area contributed by atoms with Gasteiger partial charge in [-0.1, -0.05) is 12.1 Å². The number of carbonyl (C=O) groups excluding carboxylic acids is 1. The number of rotatable bonds is 5. The number of hydrogen-bond acceptors (Lipinski definition) is 4. The van der Waals surface area contributed by atoms with Crippen molar-refractivity contribution in [2.45, 2.75) is 24.3 Å². The van der Waals surface area contributed by atoms with Crippen LogP contribution in [0.25, 0.3) is 0 Å². The molecule has 2 aromatic rings. The number of likely N-dealkylation sites (tertiary alicyclic amines) is 1. The second-order valence-electron chi connectivity index (χ2n) is 6.43. The summed E-state index contributed by atoms with van der Waals surface area (Å²) in [6.07, 6.45) is 3.65. The Morgan fingerprint density at radius 2 is 1.76 bits per heavy atom. The van der Waals surface area contributed by atoms with E-state index >= 15 is 0 Å². The fraction of sp³-hybridized carbons (Fsp3) is 0.316. The van der Waals surface area contributed by atoms with E-state index in [0.29, 0.717) is 5.56 Å². The monoisotopic (exact) mass is 358 g/mol. The molecule has 1 amide bonds. The maximum atomic E-state index is 12.4. The van der Waals surface area contributed by atoms with Crippen molar-refractivity contribution in [3.63, 3.8) is 0 Å². The van der Waals surface area contributed by atoms with Crippen LogP contribution < -0.4 is 5.32 Å². The molecule has 0 atom stereocenters. The average molecular weight is 358 g/mol. The second-order valence-corrected chi connectivity index (χ2v) is 8.45. The highest BCUT2D eigenvalue weighted by atomic mass is 32.2. The van der Waals surface area contributed by atoms with Crippen molar-refractivity contribution in [1.29, 1.82) is 0 Å². The predicted molar refractivity (Wildman–Crippen MR) is 98.5 cm³/mol. The quantitative estimate of drug-likeness (QED) is 0.892. The summed E-state index contributed by atoms with van der Waals surface area (Å²) >= 11 is 0. The zero-order valence-corrected chi connectivity index (χ0v) is 15.1. The van der Waals surface area contributed by atoms with Crippen molar-refractivity contribution >= 4 is 21.4 Å². The SMILES string of the molecule is CS(=O)(=O)c1ccc(C(=O)Nc2cccc(CN3CCCC3)c2)cc1. The normalized spacial score (nSPS) is 15.2. The lowest BCUT2D eigenvalue weighted by Gasteiger charge is -2.15. The van der Waals surface area contributed by atoms with Crippen LogP contribution in [0.5, 0.6) is 0 Å². The van der Waals surface area contributed by atoms with Gasteiger partial charge in [-0.25, -0.2) is 8.42 Å². The van der Waals surface area contributed by atoms with E-state index in [1.54, 1.807) is 0 Å². The highest BCUT2D eigenvalue weighted by Gasteiger charge is 2.13. The van der Waals surface area contributed by atoms with E-state index < -0.39 is 9.84 Å². The Balaban J connectivity index is 1.68. The fourth-order valence-corrected chi connectivity index (χ4v) is 3.63. The van der Waals surface area contributed by atoms with Gasteiger partial charge < -0.3 is 5.32 Å². The lowest BCUT2D eigenvalue weighted by atomic mass is 10.1. The third-order valence-corrected chi connectivity index (χ3v) is 5.46. The molecule has 132 valence electrons. The number of benzene rings is 2. The third-order valence-electron chi connectivity index (χ3n) is 4.33.